The average molecular weight is 303 g/mol. The largest absolute Gasteiger partial charge is 0.373 e. The molecule has 1 unspecified atom stereocenters. The summed E-state index contributed by atoms with van der Waals surface area (Å²) in [6, 6.07) is 0. The molecule has 1 heterocycles. The SMILES string of the molecule is CCc1nc(C(OC)C(C)(C)C)[nH]c(=O)c1Br. The van der Waals surface area contributed by atoms with Crippen molar-refractivity contribution in [2.75, 3.05) is 7.11 Å². The summed E-state index contributed by atoms with van der Waals surface area (Å²) in [5.41, 5.74) is 0.483. The Morgan fingerprint density at radius 3 is 2.47 bits per heavy atom. The Kier molecular flexibility index (Phi) is 4.49. The lowest BCUT2D eigenvalue weighted by molar-refractivity contribution is 0.00830. The first-order valence-electron chi connectivity index (χ1n) is 5.62. The van der Waals surface area contributed by atoms with E-state index in [1.165, 1.54) is 0 Å². The molecule has 0 radical (unpaired) electrons. The fourth-order valence-electron chi connectivity index (χ4n) is 1.76. The van der Waals surface area contributed by atoms with E-state index in [1.54, 1.807) is 7.11 Å². The van der Waals surface area contributed by atoms with E-state index in [4.69, 9.17) is 4.74 Å². The number of aromatic amines is 1. The molecule has 17 heavy (non-hydrogen) atoms. The summed E-state index contributed by atoms with van der Waals surface area (Å²) in [7, 11) is 1.63. The molecular weight excluding hydrogens is 284 g/mol. The van der Waals surface area contributed by atoms with Crippen molar-refractivity contribution in [1.29, 1.82) is 0 Å². The van der Waals surface area contributed by atoms with E-state index in [2.05, 4.69) is 46.7 Å². The van der Waals surface area contributed by atoms with Crippen LogP contribution in [0.4, 0.5) is 0 Å². The van der Waals surface area contributed by atoms with E-state index < -0.39 is 0 Å². The molecule has 5 heteroatoms. The molecule has 0 saturated carbocycles. The number of H-pyrrole nitrogens is 1. The van der Waals surface area contributed by atoms with Crippen LogP contribution < -0.4 is 5.56 Å². The molecule has 1 aromatic heterocycles. The molecule has 1 N–H and O–H groups in total. The Bertz CT molecular complexity index is 449. The topological polar surface area (TPSA) is 55.0 Å². The van der Waals surface area contributed by atoms with Crippen molar-refractivity contribution in [3.05, 3.63) is 26.3 Å². The number of methoxy groups -OCH3 is 1. The van der Waals surface area contributed by atoms with Gasteiger partial charge in [-0.3, -0.25) is 4.79 Å². The lowest BCUT2D eigenvalue weighted by Crippen LogP contribution is -2.26. The first-order chi connectivity index (χ1) is 7.81. The summed E-state index contributed by atoms with van der Waals surface area (Å²) in [6.45, 7) is 8.12. The fraction of sp³-hybridized carbons (Fsp3) is 0.667. The van der Waals surface area contributed by atoms with Crippen LogP contribution in [0.1, 0.15) is 45.3 Å². The van der Waals surface area contributed by atoms with Gasteiger partial charge >= 0.3 is 0 Å². The number of hydrogen-bond acceptors (Lipinski definition) is 3. The molecule has 0 saturated heterocycles. The van der Waals surface area contributed by atoms with Gasteiger partial charge in [-0.2, -0.15) is 0 Å². The number of halogens is 1. The number of hydrogen-bond donors (Lipinski definition) is 1. The van der Waals surface area contributed by atoms with Crippen LogP contribution in [0.15, 0.2) is 9.27 Å². The highest BCUT2D eigenvalue weighted by Gasteiger charge is 2.29. The Hall–Kier alpha value is -0.680. The average Bonchev–Trinajstić information content (AvgIpc) is 2.21. The molecule has 0 aliphatic heterocycles. The first kappa shape index (κ1) is 14.4. The highest BCUT2D eigenvalue weighted by Crippen LogP contribution is 2.33. The summed E-state index contributed by atoms with van der Waals surface area (Å²) in [5, 5.41) is 0. The minimum Gasteiger partial charge on any atom is -0.373 e. The lowest BCUT2D eigenvalue weighted by atomic mass is 9.88. The maximum atomic E-state index is 11.8. The van der Waals surface area contributed by atoms with Crippen LogP contribution in [0.2, 0.25) is 0 Å². The second kappa shape index (κ2) is 5.31. The van der Waals surface area contributed by atoms with Gasteiger partial charge in [-0.1, -0.05) is 27.7 Å². The summed E-state index contributed by atoms with van der Waals surface area (Å²) in [4.78, 5) is 19.0. The molecule has 0 bridgehead atoms. The fourth-order valence-corrected chi connectivity index (χ4v) is 2.23. The van der Waals surface area contributed by atoms with Crippen LogP contribution in [0.3, 0.4) is 0 Å². The highest BCUT2D eigenvalue weighted by atomic mass is 79.9. The van der Waals surface area contributed by atoms with Gasteiger partial charge in [0.15, 0.2) is 0 Å². The van der Waals surface area contributed by atoms with E-state index in [-0.39, 0.29) is 17.1 Å². The Morgan fingerprint density at radius 1 is 1.47 bits per heavy atom. The van der Waals surface area contributed by atoms with Crippen molar-refractivity contribution in [2.45, 2.75) is 40.2 Å². The van der Waals surface area contributed by atoms with Crippen molar-refractivity contribution in [3.63, 3.8) is 0 Å². The molecule has 0 aliphatic rings. The second-order valence-corrected chi connectivity index (χ2v) is 5.84. The normalized spacial score (nSPS) is 13.8. The monoisotopic (exact) mass is 302 g/mol. The van der Waals surface area contributed by atoms with Gasteiger partial charge in [-0.15, -0.1) is 0 Å². The first-order valence-corrected chi connectivity index (χ1v) is 6.42. The van der Waals surface area contributed by atoms with Crippen LogP contribution in [-0.4, -0.2) is 17.1 Å². The van der Waals surface area contributed by atoms with Crippen LogP contribution in [-0.2, 0) is 11.2 Å². The van der Waals surface area contributed by atoms with Gasteiger partial charge in [0.25, 0.3) is 5.56 Å². The molecule has 4 nitrogen and oxygen atoms in total. The summed E-state index contributed by atoms with van der Waals surface area (Å²) in [6.07, 6.45) is 0.478. The molecule has 0 aromatic carbocycles. The Balaban J connectivity index is 3.32. The minimum atomic E-state index is -0.228. The van der Waals surface area contributed by atoms with Crippen molar-refractivity contribution in [3.8, 4) is 0 Å². The zero-order valence-corrected chi connectivity index (χ0v) is 12.5. The number of rotatable bonds is 3. The van der Waals surface area contributed by atoms with E-state index >= 15 is 0 Å². The van der Waals surface area contributed by atoms with E-state index in [0.29, 0.717) is 16.7 Å². The van der Waals surface area contributed by atoms with Gasteiger partial charge in [-0.05, 0) is 27.8 Å². The van der Waals surface area contributed by atoms with Crippen LogP contribution in [0.25, 0.3) is 0 Å². The van der Waals surface area contributed by atoms with Crippen molar-refractivity contribution < 1.29 is 4.74 Å². The molecule has 0 amide bonds. The Morgan fingerprint density at radius 2 is 2.06 bits per heavy atom. The number of ether oxygens (including phenoxy) is 1. The molecule has 1 rings (SSSR count). The molecular formula is C12H19BrN2O2. The van der Waals surface area contributed by atoms with E-state index in [1.807, 2.05) is 6.92 Å². The zero-order chi connectivity index (χ0) is 13.2. The third kappa shape index (κ3) is 3.16. The van der Waals surface area contributed by atoms with Crippen LogP contribution >= 0.6 is 15.9 Å². The van der Waals surface area contributed by atoms with Crippen LogP contribution in [0.5, 0.6) is 0 Å². The smallest absolute Gasteiger partial charge is 0.265 e. The standard InChI is InChI=1S/C12H19BrN2O2/c1-6-7-8(13)11(16)15-10(14-7)9(17-5)12(2,3)4/h9H,6H2,1-5H3,(H,14,15,16). The summed E-state index contributed by atoms with van der Waals surface area (Å²) in [5.74, 6) is 0.588. The zero-order valence-electron chi connectivity index (χ0n) is 10.9. The van der Waals surface area contributed by atoms with Gasteiger partial charge in [-0.25, -0.2) is 4.98 Å². The second-order valence-electron chi connectivity index (χ2n) is 5.05. The molecule has 96 valence electrons. The summed E-state index contributed by atoms with van der Waals surface area (Å²) < 4.78 is 5.95. The van der Waals surface area contributed by atoms with Gasteiger partial charge in [0.1, 0.15) is 16.4 Å². The lowest BCUT2D eigenvalue weighted by Gasteiger charge is -2.28. The quantitative estimate of drug-likeness (QED) is 0.934. The predicted molar refractivity (Wildman–Crippen MR) is 71.1 cm³/mol. The van der Waals surface area contributed by atoms with Gasteiger partial charge < -0.3 is 9.72 Å². The van der Waals surface area contributed by atoms with Gasteiger partial charge in [0, 0.05) is 7.11 Å². The van der Waals surface area contributed by atoms with Crippen LogP contribution in [0, 0.1) is 5.41 Å². The van der Waals surface area contributed by atoms with Crippen molar-refractivity contribution >= 4 is 15.9 Å². The van der Waals surface area contributed by atoms with E-state index in [9.17, 15) is 4.79 Å². The third-order valence-corrected chi connectivity index (χ3v) is 3.37. The molecule has 1 aromatic rings. The molecule has 0 aliphatic carbocycles. The highest BCUT2D eigenvalue weighted by molar-refractivity contribution is 9.10. The van der Waals surface area contributed by atoms with Crippen molar-refractivity contribution in [2.24, 2.45) is 5.41 Å². The molecule has 0 fully saturated rings. The Labute approximate surface area is 110 Å². The number of aryl methyl sites for hydroxylation is 1. The molecule has 0 spiro atoms. The third-order valence-electron chi connectivity index (χ3n) is 2.56. The number of aromatic nitrogens is 2. The van der Waals surface area contributed by atoms with Crippen molar-refractivity contribution in [1.82, 2.24) is 9.97 Å². The maximum Gasteiger partial charge on any atom is 0.265 e. The minimum absolute atomic E-state index is 0.121. The molecule has 1 atom stereocenters. The van der Waals surface area contributed by atoms with E-state index in [0.717, 1.165) is 5.69 Å². The predicted octanol–water partition coefficient (Wildman–Crippen LogP) is 2.83. The summed E-state index contributed by atoms with van der Waals surface area (Å²) >= 11 is 3.25. The maximum absolute atomic E-state index is 11.8. The number of nitrogens with one attached hydrogen (secondary N) is 1. The van der Waals surface area contributed by atoms with Gasteiger partial charge in [0.05, 0.1) is 5.69 Å². The number of nitrogens with zero attached hydrogens (tertiary/aromatic N) is 1. The van der Waals surface area contributed by atoms with Gasteiger partial charge in [0.2, 0.25) is 0 Å².